The van der Waals surface area contributed by atoms with Gasteiger partial charge in [0.25, 0.3) is 0 Å². The van der Waals surface area contributed by atoms with Gasteiger partial charge in [-0.1, -0.05) is 12.8 Å². The van der Waals surface area contributed by atoms with Crippen molar-refractivity contribution in [1.82, 2.24) is 0 Å². The van der Waals surface area contributed by atoms with Crippen molar-refractivity contribution in [2.45, 2.75) is 82.2 Å². The summed E-state index contributed by atoms with van der Waals surface area (Å²) >= 11 is 0. The molecule has 0 N–H and O–H groups in total. The number of esters is 1. The Balaban J connectivity index is 1.42. The Labute approximate surface area is 137 Å². The molecule has 0 radical (unpaired) electrons. The van der Waals surface area contributed by atoms with E-state index in [4.69, 9.17) is 19.2 Å². The van der Waals surface area contributed by atoms with Crippen molar-refractivity contribution in [3.05, 3.63) is 0 Å². The highest BCUT2D eigenvalue weighted by atomic mass is 17.3. The zero-order chi connectivity index (χ0) is 15.9. The summed E-state index contributed by atoms with van der Waals surface area (Å²) in [5.74, 6) is 0.185. The average molecular weight is 324 g/mol. The van der Waals surface area contributed by atoms with Crippen LogP contribution in [-0.4, -0.2) is 24.7 Å². The lowest BCUT2D eigenvalue weighted by molar-refractivity contribution is -0.381. The van der Waals surface area contributed by atoms with Crippen molar-refractivity contribution in [3.8, 4) is 0 Å². The molecule has 1 aliphatic heterocycles. The number of ether oxygens (including phenoxy) is 2. The molecule has 4 fully saturated rings. The number of methoxy groups -OCH3 is 1. The van der Waals surface area contributed by atoms with Gasteiger partial charge in [-0.2, -0.15) is 9.78 Å². The van der Waals surface area contributed by atoms with Crippen LogP contribution < -0.4 is 0 Å². The maximum absolute atomic E-state index is 11.5. The van der Waals surface area contributed by atoms with Crippen LogP contribution in [0.4, 0.5) is 0 Å². The molecule has 1 heterocycles. The van der Waals surface area contributed by atoms with E-state index in [-0.39, 0.29) is 5.97 Å². The van der Waals surface area contributed by atoms with E-state index in [2.05, 4.69) is 0 Å². The summed E-state index contributed by atoms with van der Waals surface area (Å²) < 4.78 is 11.4. The van der Waals surface area contributed by atoms with Crippen LogP contribution in [0.15, 0.2) is 0 Å². The van der Waals surface area contributed by atoms with Crippen LogP contribution in [0.3, 0.4) is 0 Å². The van der Waals surface area contributed by atoms with Crippen LogP contribution in [0.2, 0.25) is 0 Å². The summed E-state index contributed by atoms with van der Waals surface area (Å²) in [4.78, 5) is 23.3. The molecular formula is C18H28O5. The molecule has 130 valence electrons. The topological polar surface area (TPSA) is 54.0 Å². The van der Waals surface area contributed by atoms with Crippen LogP contribution in [-0.2, 0) is 24.0 Å². The van der Waals surface area contributed by atoms with Crippen molar-refractivity contribution >= 4 is 5.97 Å². The Morgan fingerprint density at radius 2 is 1.61 bits per heavy atom. The van der Waals surface area contributed by atoms with Crippen LogP contribution >= 0.6 is 0 Å². The summed E-state index contributed by atoms with van der Waals surface area (Å²) in [6.45, 7) is 0. The second-order valence-electron chi connectivity index (χ2n) is 7.88. The van der Waals surface area contributed by atoms with E-state index >= 15 is 0 Å². The lowest BCUT2D eigenvalue weighted by Gasteiger charge is -2.48. The molecule has 0 amide bonds. The van der Waals surface area contributed by atoms with E-state index in [0.29, 0.717) is 24.2 Å². The van der Waals surface area contributed by atoms with Crippen LogP contribution in [0, 0.1) is 17.8 Å². The Morgan fingerprint density at radius 3 is 2.17 bits per heavy atom. The van der Waals surface area contributed by atoms with Gasteiger partial charge in [0.05, 0.1) is 7.11 Å². The fourth-order valence-corrected chi connectivity index (χ4v) is 5.24. The standard InChI is InChI=1S/C18H28O5/c1-20-16(19)12-13-8-10-17(11-9-13)21-18(23-22-17)14-4-2-5-15(18)7-3-6-14/h13-15H,2-12H2,1H3. The van der Waals surface area contributed by atoms with E-state index in [1.54, 1.807) is 0 Å². The molecule has 0 aromatic carbocycles. The Kier molecular flexibility index (Phi) is 4.14. The third-order valence-corrected chi connectivity index (χ3v) is 6.57. The number of hydrogen-bond acceptors (Lipinski definition) is 5. The largest absolute Gasteiger partial charge is 0.469 e. The van der Waals surface area contributed by atoms with E-state index in [9.17, 15) is 4.79 Å². The first-order valence-electron chi connectivity index (χ1n) is 9.30. The molecule has 3 saturated carbocycles. The van der Waals surface area contributed by atoms with Crippen LogP contribution in [0.25, 0.3) is 0 Å². The zero-order valence-corrected chi connectivity index (χ0v) is 14.1. The highest BCUT2D eigenvalue weighted by Gasteiger charge is 2.62. The monoisotopic (exact) mass is 324 g/mol. The predicted octanol–water partition coefficient (Wildman–Crippen LogP) is 3.71. The van der Waals surface area contributed by atoms with Gasteiger partial charge in [-0.15, -0.1) is 0 Å². The molecular weight excluding hydrogens is 296 g/mol. The first kappa shape index (κ1) is 15.9. The molecule has 2 spiro atoms. The van der Waals surface area contributed by atoms with Gasteiger partial charge in [0.15, 0.2) is 0 Å². The van der Waals surface area contributed by atoms with Gasteiger partial charge in [-0.25, -0.2) is 0 Å². The Hall–Kier alpha value is -0.650. The summed E-state index contributed by atoms with van der Waals surface area (Å²) in [5, 5.41) is 0. The molecule has 0 atom stereocenters. The van der Waals surface area contributed by atoms with Gasteiger partial charge in [0.1, 0.15) is 0 Å². The second kappa shape index (κ2) is 6.01. The zero-order valence-electron chi connectivity index (χ0n) is 14.1. The van der Waals surface area contributed by atoms with Gasteiger partial charge >= 0.3 is 5.97 Å². The molecule has 4 rings (SSSR count). The second-order valence-corrected chi connectivity index (χ2v) is 7.88. The van der Waals surface area contributed by atoms with E-state index in [1.807, 2.05) is 0 Å². The first-order valence-corrected chi connectivity index (χ1v) is 9.30. The van der Waals surface area contributed by atoms with E-state index in [0.717, 1.165) is 25.7 Å². The highest BCUT2D eigenvalue weighted by Crippen LogP contribution is 2.57. The van der Waals surface area contributed by atoms with Crippen LogP contribution in [0.5, 0.6) is 0 Å². The van der Waals surface area contributed by atoms with Crippen molar-refractivity contribution in [3.63, 3.8) is 0 Å². The lowest BCUT2D eigenvalue weighted by atomic mass is 9.67. The summed E-state index contributed by atoms with van der Waals surface area (Å²) in [7, 11) is 1.45. The maximum atomic E-state index is 11.5. The summed E-state index contributed by atoms with van der Waals surface area (Å²) in [6.07, 6.45) is 11.4. The lowest BCUT2D eigenvalue weighted by Crippen LogP contribution is -2.53. The normalized spacial score (nSPS) is 46.2. The minimum Gasteiger partial charge on any atom is -0.469 e. The molecule has 0 aromatic heterocycles. The molecule has 0 aromatic rings. The van der Waals surface area contributed by atoms with Crippen molar-refractivity contribution < 1.29 is 24.0 Å². The summed E-state index contributed by atoms with van der Waals surface area (Å²) in [5.41, 5.74) is 0. The van der Waals surface area contributed by atoms with Crippen molar-refractivity contribution in [2.75, 3.05) is 7.11 Å². The third-order valence-electron chi connectivity index (χ3n) is 6.57. The van der Waals surface area contributed by atoms with Gasteiger partial charge < -0.3 is 9.47 Å². The molecule has 2 bridgehead atoms. The summed E-state index contributed by atoms with van der Waals surface area (Å²) in [6, 6.07) is 0. The molecule has 23 heavy (non-hydrogen) atoms. The predicted molar refractivity (Wildman–Crippen MR) is 82.0 cm³/mol. The molecule has 5 nitrogen and oxygen atoms in total. The average Bonchev–Trinajstić information content (AvgIpc) is 2.89. The minimum absolute atomic E-state index is 0.117. The quantitative estimate of drug-likeness (QED) is 0.572. The van der Waals surface area contributed by atoms with Crippen molar-refractivity contribution in [2.24, 2.45) is 17.8 Å². The fraction of sp³-hybridized carbons (Fsp3) is 0.944. The Morgan fingerprint density at radius 1 is 1.00 bits per heavy atom. The van der Waals surface area contributed by atoms with Crippen LogP contribution in [0.1, 0.15) is 70.6 Å². The van der Waals surface area contributed by atoms with E-state index < -0.39 is 11.6 Å². The Bertz CT molecular complexity index is 432. The van der Waals surface area contributed by atoms with Crippen molar-refractivity contribution in [1.29, 1.82) is 0 Å². The third kappa shape index (κ3) is 2.71. The van der Waals surface area contributed by atoms with Gasteiger partial charge in [-0.05, 0) is 44.4 Å². The fourth-order valence-electron chi connectivity index (χ4n) is 5.24. The number of hydrogen-bond donors (Lipinski definition) is 0. The smallest absolute Gasteiger partial charge is 0.305 e. The van der Waals surface area contributed by atoms with Gasteiger partial charge in [0, 0.05) is 31.1 Å². The van der Waals surface area contributed by atoms with Gasteiger partial charge in [-0.3, -0.25) is 4.79 Å². The molecule has 3 aliphatic carbocycles. The number of carbonyl (C=O) groups excluding carboxylic acids is 1. The number of rotatable bonds is 2. The SMILES string of the molecule is COC(=O)CC1CCC2(CC1)OOC1(O2)C2CCCC1CCC2. The maximum Gasteiger partial charge on any atom is 0.305 e. The molecule has 4 aliphatic rings. The number of carbonyl (C=O) groups is 1. The molecule has 1 saturated heterocycles. The highest BCUT2D eigenvalue weighted by molar-refractivity contribution is 5.69. The molecule has 5 heteroatoms. The minimum atomic E-state index is -0.572. The van der Waals surface area contributed by atoms with E-state index in [1.165, 1.54) is 45.6 Å². The first-order chi connectivity index (χ1) is 11.2. The van der Waals surface area contributed by atoms with Gasteiger partial charge in [0.2, 0.25) is 11.6 Å². The molecule has 0 unspecified atom stereocenters.